The summed E-state index contributed by atoms with van der Waals surface area (Å²) < 4.78 is 6.75. The number of para-hydroxylation sites is 1. The normalized spacial score (nSPS) is 17.1. The number of halogens is 1. The first-order valence-electron chi connectivity index (χ1n) is 7.51. The average molecular weight is 355 g/mol. The first-order valence-corrected chi connectivity index (χ1v) is 8.30. The van der Waals surface area contributed by atoms with E-state index < -0.39 is 6.10 Å². The van der Waals surface area contributed by atoms with Crippen molar-refractivity contribution in [3.05, 3.63) is 28.2 Å². The van der Waals surface area contributed by atoms with Crippen molar-refractivity contribution in [2.24, 2.45) is 5.73 Å². The summed E-state index contributed by atoms with van der Waals surface area (Å²) in [6.45, 7) is 3.84. The molecular weight excluding hydrogens is 332 g/mol. The van der Waals surface area contributed by atoms with Gasteiger partial charge < -0.3 is 15.8 Å². The molecule has 3 N–H and O–H groups in total. The Kier molecular flexibility index (Phi) is 5.65. The Labute approximate surface area is 134 Å². The van der Waals surface area contributed by atoms with Crippen LogP contribution in [-0.2, 0) is 11.2 Å². The summed E-state index contributed by atoms with van der Waals surface area (Å²) in [6, 6.07) is 6.32. The highest BCUT2D eigenvalue weighted by Crippen LogP contribution is 2.31. The van der Waals surface area contributed by atoms with Crippen LogP contribution in [0.4, 0.5) is 0 Å². The van der Waals surface area contributed by atoms with E-state index in [0.717, 1.165) is 41.5 Å². The van der Waals surface area contributed by atoms with Gasteiger partial charge in [0.25, 0.3) is 5.91 Å². The van der Waals surface area contributed by atoms with Crippen molar-refractivity contribution in [1.29, 1.82) is 0 Å². The number of rotatable bonds is 7. The van der Waals surface area contributed by atoms with Crippen molar-refractivity contribution in [1.82, 2.24) is 5.32 Å². The maximum absolute atomic E-state index is 12.0. The monoisotopic (exact) mass is 354 g/mol. The third-order valence-corrected chi connectivity index (χ3v) is 4.27. The summed E-state index contributed by atoms with van der Waals surface area (Å²) in [5, 5.41) is 2.96. The Hall–Kier alpha value is -1.07. The first kappa shape index (κ1) is 16.3. The number of hydrogen-bond acceptors (Lipinski definition) is 3. The van der Waals surface area contributed by atoms with Gasteiger partial charge in [0.15, 0.2) is 6.10 Å². The van der Waals surface area contributed by atoms with Crippen LogP contribution in [0.3, 0.4) is 0 Å². The summed E-state index contributed by atoms with van der Waals surface area (Å²) in [4.78, 5) is 12.0. The lowest BCUT2D eigenvalue weighted by molar-refractivity contribution is -0.127. The molecule has 1 aliphatic rings. The molecule has 1 saturated carbocycles. The fourth-order valence-corrected chi connectivity index (χ4v) is 2.55. The number of nitrogens with one attached hydrogen (secondary N) is 1. The molecule has 2 rings (SSSR count). The highest BCUT2D eigenvalue weighted by Gasteiger charge is 2.27. The molecular formula is C16H23BrN2O2. The zero-order valence-corrected chi connectivity index (χ0v) is 14.2. The summed E-state index contributed by atoms with van der Waals surface area (Å²) in [7, 11) is 0. The van der Waals surface area contributed by atoms with Gasteiger partial charge in [-0.2, -0.15) is 0 Å². The largest absolute Gasteiger partial charge is 0.479 e. The van der Waals surface area contributed by atoms with E-state index in [2.05, 4.69) is 28.2 Å². The quantitative estimate of drug-likeness (QED) is 0.791. The van der Waals surface area contributed by atoms with E-state index in [4.69, 9.17) is 10.5 Å². The maximum atomic E-state index is 12.0. The topological polar surface area (TPSA) is 64.3 Å². The van der Waals surface area contributed by atoms with Crippen molar-refractivity contribution in [3.8, 4) is 5.75 Å². The van der Waals surface area contributed by atoms with Gasteiger partial charge in [0.1, 0.15) is 5.75 Å². The summed E-state index contributed by atoms with van der Waals surface area (Å²) in [6.07, 6.45) is 3.28. The minimum Gasteiger partial charge on any atom is -0.479 e. The second kappa shape index (κ2) is 7.27. The van der Waals surface area contributed by atoms with Crippen LogP contribution in [0, 0.1) is 0 Å². The molecule has 4 nitrogen and oxygen atoms in total. The molecule has 1 fully saturated rings. The molecule has 0 saturated heterocycles. The van der Waals surface area contributed by atoms with Crippen LogP contribution in [0.15, 0.2) is 22.7 Å². The van der Waals surface area contributed by atoms with Gasteiger partial charge in [0.2, 0.25) is 0 Å². The van der Waals surface area contributed by atoms with E-state index in [1.807, 2.05) is 18.2 Å². The lowest BCUT2D eigenvalue weighted by atomic mass is 10.0. The van der Waals surface area contributed by atoms with Crippen LogP contribution in [0.5, 0.6) is 5.75 Å². The van der Waals surface area contributed by atoms with Crippen LogP contribution < -0.4 is 15.8 Å². The predicted molar refractivity (Wildman–Crippen MR) is 87.4 cm³/mol. The van der Waals surface area contributed by atoms with E-state index in [1.165, 1.54) is 0 Å². The van der Waals surface area contributed by atoms with Crippen molar-refractivity contribution < 1.29 is 9.53 Å². The fourth-order valence-electron chi connectivity index (χ4n) is 2.05. The first-order chi connectivity index (χ1) is 10.0. The molecule has 0 aliphatic heterocycles. The number of nitrogens with two attached hydrogens (primary N) is 1. The minimum atomic E-state index is -0.513. The lowest BCUT2D eigenvalue weighted by Gasteiger charge is -2.19. The van der Waals surface area contributed by atoms with Gasteiger partial charge in [-0.25, -0.2) is 0 Å². The standard InChI is InChI=1S/C16H23BrN2O2/c1-3-12(18)9-11-5-4-6-14(17)15(11)21-10(2)16(20)19-13-7-8-13/h4-6,10,12-13H,3,7-9,18H2,1-2H3,(H,19,20). The van der Waals surface area contributed by atoms with Crippen LogP contribution in [0.25, 0.3) is 0 Å². The number of ether oxygens (including phenoxy) is 1. The van der Waals surface area contributed by atoms with E-state index in [9.17, 15) is 4.79 Å². The Balaban J connectivity index is 2.07. The van der Waals surface area contributed by atoms with Crippen LogP contribution in [-0.4, -0.2) is 24.1 Å². The Morgan fingerprint density at radius 3 is 2.86 bits per heavy atom. The molecule has 1 amide bonds. The smallest absolute Gasteiger partial charge is 0.260 e. The van der Waals surface area contributed by atoms with Gasteiger partial charge >= 0.3 is 0 Å². The Morgan fingerprint density at radius 2 is 2.24 bits per heavy atom. The zero-order chi connectivity index (χ0) is 15.4. The third-order valence-electron chi connectivity index (χ3n) is 3.64. The molecule has 1 aromatic carbocycles. The number of hydrogen-bond donors (Lipinski definition) is 2. The number of amides is 1. The highest BCUT2D eigenvalue weighted by atomic mass is 79.9. The van der Waals surface area contributed by atoms with Crippen molar-refractivity contribution in [2.75, 3.05) is 0 Å². The molecule has 5 heteroatoms. The summed E-state index contributed by atoms with van der Waals surface area (Å²) >= 11 is 3.50. The third kappa shape index (κ3) is 4.71. The fraction of sp³-hybridized carbons (Fsp3) is 0.562. The van der Waals surface area contributed by atoms with Gasteiger partial charge in [0.05, 0.1) is 4.47 Å². The van der Waals surface area contributed by atoms with Gasteiger partial charge in [-0.15, -0.1) is 0 Å². The molecule has 0 spiro atoms. The number of benzene rings is 1. The van der Waals surface area contributed by atoms with E-state index in [1.54, 1.807) is 6.92 Å². The second-order valence-corrected chi connectivity index (χ2v) is 6.50. The molecule has 1 aliphatic carbocycles. The predicted octanol–water partition coefficient (Wildman–Crippen LogP) is 2.77. The molecule has 2 atom stereocenters. The molecule has 0 aromatic heterocycles. The van der Waals surface area contributed by atoms with Crippen molar-refractivity contribution >= 4 is 21.8 Å². The molecule has 116 valence electrons. The average Bonchev–Trinajstić information content (AvgIpc) is 3.26. The van der Waals surface area contributed by atoms with E-state index in [-0.39, 0.29) is 11.9 Å². The Bertz CT molecular complexity index is 503. The van der Waals surface area contributed by atoms with E-state index >= 15 is 0 Å². The minimum absolute atomic E-state index is 0.0565. The molecule has 0 radical (unpaired) electrons. The molecule has 21 heavy (non-hydrogen) atoms. The molecule has 1 aromatic rings. The summed E-state index contributed by atoms with van der Waals surface area (Å²) in [5.74, 6) is 0.666. The maximum Gasteiger partial charge on any atom is 0.260 e. The van der Waals surface area contributed by atoms with Crippen molar-refractivity contribution in [2.45, 2.75) is 57.7 Å². The van der Waals surface area contributed by atoms with E-state index in [0.29, 0.717) is 6.04 Å². The molecule has 2 unspecified atom stereocenters. The highest BCUT2D eigenvalue weighted by molar-refractivity contribution is 9.10. The molecule has 0 bridgehead atoms. The summed E-state index contributed by atoms with van der Waals surface area (Å²) in [5.41, 5.74) is 7.07. The van der Waals surface area contributed by atoms with Crippen LogP contribution >= 0.6 is 15.9 Å². The molecule has 0 heterocycles. The Morgan fingerprint density at radius 1 is 1.52 bits per heavy atom. The van der Waals surface area contributed by atoms with Gasteiger partial charge in [-0.05, 0) is 60.2 Å². The number of carbonyl (C=O) groups excluding carboxylic acids is 1. The van der Waals surface area contributed by atoms with Gasteiger partial charge in [-0.3, -0.25) is 4.79 Å². The van der Waals surface area contributed by atoms with Crippen LogP contribution in [0.1, 0.15) is 38.7 Å². The van der Waals surface area contributed by atoms with Crippen LogP contribution in [0.2, 0.25) is 0 Å². The van der Waals surface area contributed by atoms with Crippen molar-refractivity contribution in [3.63, 3.8) is 0 Å². The SMILES string of the molecule is CCC(N)Cc1cccc(Br)c1OC(C)C(=O)NC1CC1. The van der Waals surface area contributed by atoms with Gasteiger partial charge in [-0.1, -0.05) is 19.1 Å². The zero-order valence-electron chi connectivity index (χ0n) is 12.6. The lowest BCUT2D eigenvalue weighted by Crippen LogP contribution is -2.37. The van der Waals surface area contributed by atoms with Gasteiger partial charge in [0, 0.05) is 12.1 Å². The number of carbonyl (C=O) groups is 1. The second-order valence-electron chi connectivity index (χ2n) is 5.64.